The Morgan fingerprint density at radius 2 is 2.40 bits per heavy atom. The maximum atomic E-state index is 11.5. The van der Waals surface area contributed by atoms with Gasteiger partial charge >= 0.3 is 5.97 Å². The minimum atomic E-state index is -0.219. The summed E-state index contributed by atoms with van der Waals surface area (Å²) in [5, 5.41) is 6.30. The van der Waals surface area contributed by atoms with Crippen LogP contribution in [0, 0.1) is 0 Å². The zero-order chi connectivity index (χ0) is 10.5. The summed E-state index contributed by atoms with van der Waals surface area (Å²) >= 11 is 1.92. The number of hydrogen-bond donors (Lipinski definition) is 1. The van der Waals surface area contributed by atoms with Crippen LogP contribution in [-0.4, -0.2) is 52.2 Å². The minimum absolute atomic E-state index is 0.219. The van der Waals surface area contributed by atoms with Crippen molar-refractivity contribution in [2.75, 3.05) is 31.1 Å². The SMILES string of the molecule is O=C(CN1CCSCC1)Oc1cn[nH]c1. The number of carbonyl (C=O) groups excluding carboxylic acids is 1. The summed E-state index contributed by atoms with van der Waals surface area (Å²) in [6, 6.07) is 0. The van der Waals surface area contributed by atoms with Crippen molar-refractivity contribution in [3.05, 3.63) is 12.4 Å². The Labute approximate surface area is 92.2 Å². The van der Waals surface area contributed by atoms with E-state index in [2.05, 4.69) is 15.1 Å². The average molecular weight is 227 g/mol. The molecule has 1 aromatic rings. The lowest BCUT2D eigenvalue weighted by molar-refractivity contribution is -0.135. The summed E-state index contributed by atoms with van der Waals surface area (Å²) in [4.78, 5) is 13.6. The third-order valence-electron chi connectivity index (χ3n) is 2.16. The molecule has 0 unspecified atom stereocenters. The molecule has 5 nitrogen and oxygen atoms in total. The highest BCUT2D eigenvalue weighted by atomic mass is 32.2. The molecule has 2 heterocycles. The smallest absolute Gasteiger partial charge is 0.325 e. The van der Waals surface area contributed by atoms with Crippen LogP contribution in [0.3, 0.4) is 0 Å². The summed E-state index contributed by atoms with van der Waals surface area (Å²) in [7, 11) is 0. The number of H-pyrrole nitrogens is 1. The topological polar surface area (TPSA) is 58.2 Å². The van der Waals surface area contributed by atoms with Gasteiger partial charge in [-0.05, 0) is 0 Å². The molecule has 0 aromatic carbocycles. The lowest BCUT2D eigenvalue weighted by Crippen LogP contribution is -2.38. The van der Waals surface area contributed by atoms with Gasteiger partial charge in [0.05, 0.1) is 18.9 Å². The summed E-state index contributed by atoms with van der Waals surface area (Å²) in [6.07, 6.45) is 3.05. The van der Waals surface area contributed by atoms with Gasteiger partial charge in [0.2, 0.25) is 0 Å². The first-order valence-electron chi connectivity index (χ1n) is 4.84. The third-order valence-corrected chi connectivity index (χ3v) is 3.10. The van der Waals surface area contributed by atoms with Crippen LogP contribution < -0.4 is 4.74 Å². The van der Waals surface area contributed by atoms with Crippen LogP contribution in [0.1, 0.15) is 0 Å². The zero-order valence-electron chi connectivity index (χ0n) is 8.31. The number of ether oxygens (including phenoxy) is 1. The van der Waals surface area contributed by atoms with Crippen molar-refractivity contribution in [2.45, 2.75) is 0 Å². The molecule has 1 aromatic heterocycles. The second-order valence-corrected chi connectivity index (χ2v) is 4.52. The van der Waals surface area contributed by atoms with Gasteiger partial charge in [-0.3, -0.25) is 14.8 Å². The fraction of sp³-hybridized carbons (Fsp3) is 0.556. The first kappa shape index (κ1) is 10.5. The van der Waals surface area contributed by atoms with E-state index < -0.39 is 0 Å². The molecule has 0 bridgehead atoms. The highest BCUT2D eigenvalue weighted by Crippen LogP contribution is 2.10. The van der Waals surface area contributed by atoms with E-state index in [9.17, 15) is 4.79 Å². The lowest BCUT2D eigenvalue weighted by Gasteiger charge is -2.24. The maximum Gasteiger partial charge on any atom is 0.325 e. The Hall–Kier alpha value is -1.01. The second-order valence-electron chi connectivity index (χ2n) is 3.30. The second kappa shape index (κ2) is 5.18. The molecule has 0 spiro atoms. The molecule has 0 aliphatic carbocycles. The number of thioether (sulfide) groups is 1. The third kappa shape index (κ3) is 3.24. The van der Waals surface area contributed by atoms with Crippen molar-refractivity contribution in [3.63, 3.8) is 0 Å². The number of hydrogen-bond acceptors (Lipinski definition) is 5. The van der Waals surface area contributed by atoms with E-state index in [0.717, 1.165) is 24.6 Å². The quantitative estimate of drug-likeness (QED) is 0.756. The molecule has 15 heavy (non-hydrogen) atoms. The fourth-order valence-electron chi connectivity index (χ4n) is 1.40. The van der Waals surface area contributed by atoms with E-state index >= 15 is 0 Å². The van der Waals surface area contributed by atoms with Crippen LogP contribution in [-0.2, 0) is 4.79 Å². The van der Waals surface area contributed by atoms with Crippen molar-refractivity contribution in [3.8, 4) is 5.75 Å². The molecule has 0 radical (unpaired) electrons. The first-order valence-corrected chi connectivity index (χ1v) is 5.99. The Kier molecular flexibility index (Phi) is 3.63. The highest BCUT2D eigenvalue weighted by Gasteiger charge is 2.15. The highest BCUT2D eigenvalue weighted by molar-refractivity contribution is 7.99. The van der Waals surface area contributed by atoms with Crippen molar-refractivity contribution < 1.29 is 9.53 Å². The van der Waals surface area contributed by atoms with Gasteiger partial charge in [0.25, 0.3) is 0 Å². The van der Waals surface area contributed by atoms with E-state index in [-0.39, 0.29) is 5.97 Å². The van der Waals surface area contributed by atoms with Gasteiger partial charge in [0, 0.05) is 24.6 Å². The van der Waals surface area contributed by atoms with Gasteiger partial charge < -0.3 is 4.74 Å². The van der Waals surface area contributed by atoms with E-state index in [1.165, 1.54) is 6.20 Å². The molecule has 0 amide bonds. The molecular weight excluding hydrogens is 214 g/mol. The van der Waals surface area contributed by atoms with Crippen molar-refractivity contribution >= 4 is 17.7 Å². The van der Waals surface area contributed by atoms with Gasteiger partial charge in [0.1, 0.15) is 0 Å². The van der Waals surface area contributed by atoms with Crippen LogP contribution >= 0.6 is 11.8 Å². The van der Waals surface area contributed by atoms with E-state index in [4.69, 9.17) is 4.74 Å². The Morgan fingerprint density at radius 1 is 1.60 bits per heavy atom. The molecule has 1 N–H and O–H groups in total. The number of esters is 1. The number of aromatic amines is 1. The summed E-state index contributed by atoms with van der Waals surface area (Å²) in [5.41, 5.74) is 0. The molecule has 1 fully saturated rings. The lowest BCUT2D eigenvalue weighted by atomic mass is 10.4. The van der Waals surface area contributed by atoms with Crippen LogP contribution in [0.5, 0.6) is 5.75 Å². The fourth-order valence-corrected chi connectivity index (χ4v) is 2.38. The molecule has 1 aliphatic heterocycles. The number of rotatable bonds is 3. The van der Waals surface area contributed by atoms with Crippen LogP contribution in [0.15, 0.2) is 12.4 Å². The Balaban J connectivity index is 1.76. The average Bonchev–Trinajstić information content (AvgIpc) is 2.71. The normalized spacial score (nSPS) is 17.6. The molecule has 1 saturated heterocycles. The van der Waals surface area contributed by atoms with Gasteiger partial charge in [-0.2, -0.15) is 16.9 Å². The minimum Gasteiger partial charge on any atom is -0.422 e. The molecule has 0 saturated carbocycles. The Bertz CT molecular complexity index is 309. The standard InChI is InChI=1S/C9H13N3O2S/c13-9(14-8-5-10-11-6-8)7-12-1-3-15-4-2-12/h5-6H,1-4,7H2,(H,10,11). The molecule has 82 valence electrons. The van der Waals surface area contributed by atoms with Gasteiger partial charge in [0.15, 0.2) is 5.75 Å². The molecule has 0 atom stereocenters. The maximum absolute atomic E-state index is 11.5. The predicted octanol–water partition coefficient (Wildman–Crippen LogP) is 0.364. The van der Waals surface area contributed by atoms with E-state index in [0.29, 0.717) is 12.3 Å². The van der Waals surface area contributed by atoms with Crippen molar-refractivity contribution in [2.24, 2.45) is 0 Å². The molecule has 1 aliphatic rings. The van der Waals surface area contributed by atoms with E-state index in [1.807, 2.05) is 11.8 Å². The molecular formula is C9H13N3O2S. The molecule has 6 heteroatoms. The van der Waals surface area contributed by atoms with Crippen molar-refractivity contribution in [1.82, 2.24) is 15.1 Å². The number of aromatic nitrogens is 2. The molecule has 2 rings (SSSR count). The summed E-state index contributed by atoms with van der Waals surface area (Å²) in [5.74, 6) is 2.45. The predicted molar refractivity (Wildman–Crippen MR) is 58.0 cm³/mol. The number of nitrogens with zero attached hydrogens (tertiary/aromatic N) is 2. The van der Waals surface area contributed by atoms with Gasteiger partial charge in [-0.15, -0.1) is 0 Å². The summed E-state index contributed by atoms with van der Waals surface area (Å²) < 4.78 is 5.08. The largest absolute Gasteiger partial charge is 0.422 e. The van der Waals surface area contributed by atoms with Crippen LogP contribution in [0.2, 0.25) is 0 Å². The van der Waals surface area contributed by atoms with E-state index in [1.54, 1.807) is 6.20 Å². The van der Waals surface area contributed by atoms with Crippen molar-refractivity contribution in [1.29, 1.82) is 0 Å². The van der Waals surface area contributed by atoms with Crippen LogP contribution in [0.4, 0.5) is 0 Å². The van der Waals surface area contributed by atoms with Crippen LogP contribution in [0.25, 0.3) is 0 Å². The number of carbonyl (C=O) groups is 1. The van der Waals surface area contributed by atoms with Gasteiger partial charge in [-0.25, -0.2) is 0 Å². The van der Waals surface area contributed by atoms with Gasteiger partial charge in [-0.1, -0.05) is 0 Å². The summed E-state index contributed by atoms with van der Waals surface area (Å²) in [6.45, 7) is 2.29. The monoisotopic (exact) mass is 227 g/mol. The first-order chi connectivity index (χ1) is 7.34. The number of nitrogens with one attached hydrogen (secondary N) is 1. The zero-order valence-corrected chi connectivity index (χ0v) is 9.13. The Morgan fingerprint density at radius 3 is 3.07 bits per heavy atom.